The first-order valence-corrected chi connectivity index (χ1v) is 11.5. The van der Waals surface area contributed by atoms with Crippen LogP contribution in [-0.4, -0.2) is 85.9 Å². The van der Waals surface area contributed by atoms with Crippen molar-refractivity contribution in [2.24, 2.45) is 4.99 Å². The summed E-state index contributed by atoms with van der Waals surface area (Å²) in [7, 11) is 0. The lowest BCUT2D eigenvalue weighted by Crippen LogP contribution is -2.49. The predicted molar refractivity (Wildman–Crippen MR) is 137 cm³/mol. The fourth-order valence-electron chi connectivity index (χ4n) is 3.79. The summed E-state index contributed by atoms with van der Waals surface area (Å²) in [6, 6.07) is 1.70. The number of nitrogens with one attached hydrogen (secondary N) is 2. The summed E-state index contributed by atoms with van der Waals surface area (Å²) in [6.07, 6.45) is 3.76. The van der Waals surface area contributed by atoms with Gasteiger partial charge in [0.25, 0.3) is 0 Å². The topological polar surface area (TPSA) is 52.1 Å². The molecule has 0 aliphatic carbocycles. The van der Waals surface area contributed by atoms with Gasteiger partial charge in [-0.15, -0.1) is 24.0 Å². The SMILES string of the molecule is CCNC(=NCCCN(C(C)C)C(C)C)NC1CCN(CCOC(C)C)CC1.I. The zero-order chi connectivity index (χ0) is 20.9. The van der Waals surface area contributed by atoms with Gasteiger partial charge in [0.05, 0.1) is 12.7 Å². The van der Waals surface area contributed by atoms with E-state index in [-0.39, 0.29) is 24.0 Å². The van der Waals surface area contributed by atoms with E-state index in [1.807, 2.05) is 0 Å². The number of likely N-dealkylation sites (tertiary alicyclic amines) is 1. The highest BCUT2D eigenvalue weighted by Gasteiger charge is 2.20. The van der Waals surface area contributed by atoms with E-state index >= 15 is 0 Å². The average molecular weight is 526 g/mol. The molecular formula is C22H48IN5O. The maximum atomic E-state index is 5.68. The Morgan fingerprint density at radius 3 is 2.24 bits per heavy atom. The molecule has 0 aromatic carbocycles. The number of hydrogen-bond donors (Lipinski definition) is 2. The normalized spacial score (nSPS) is 16.7. The molecule has 6 nitrogen and oxygen atoms in total. The van der Waals surface area contributed by atoms with Crippen LogP contribution >= 0.6 is 24.0 Å². The molecule has 0 spiro atoms. The van der Waals surface area contributed by atoms with Crippen LogP contribution in [-0.2, 0) is 4.74 Å². The molecule has 29 heavy (non-hydrogen) atoms. The van der Waals surface area contributed by atoms with E-state index in [4.69, 9.17) is 9.73 Å². The van der Waals surface area contributed by atoms with Crippen LogP contribution in [0.5, 0.6) is 0 Å². The first-order valence-electron chi connectivity index (χ1n) is 11.5. The molecule has 0 amide bonds. The van der Waals surface area contributed by atoms with Gasteiger partial charge in [-0.2, -0.15) is 0 Å². The Kier molecular flexibility index (Phi) is 16.5. The molecule has 0 unspecified atom stereocenters. The van der Waals surface area contributed by atoms with E-state index in [9.17, 15) is 0 Å². The maximum Gasteiger partial charge on any atom is 0.191 e. The number of nitrogens with zero attached hydrogens (tertiary/aromatic N) is 3. The molecule has 174 valence electrons. The lowest BCUT2D eigenvalue weighted by atomic mass is 10.1. The van der Waals surface area contributed by atoms with Crippen molar-refractivity contribution in [3.05, 3.63) is 0 Å². The van der Waals surface area contributed by atoms with Crippen molar-refractivity contribution in [3.63, 3.8) is 0 Å². The smallest absolute Gasteiger partial charge is 0.191 e. The molecule has 0 atom stereocenters. The second-order valence-corrected chi connectivity index (χ2v) is 8.72. The van der Waals surface area contributed by atoms with Gasteiger partial charge in [-0.3, -0.25) is 9.89 Å². The van der Waals surface area contributed by atoms with Crippen LogP contribution in [0.3, 0.4) is 0 Å². The van der Waals surface area contributed by atoms with Gasteiger partial charge >= 0.3 is 0 Å². The average Bonchev–Trinajstić information content (AvgIpc) is 2.62. The highest BCUT2D eigenvalue weighted by molar-refractivity contribution is 14.0. The summed E-state index contributed by atoms with van der Waals surface area (Å²) >= 11 is 0. The fourth-order valence-corrected chi connectivity index (χ4v) is 3.79. The van der Waals surface area contributed by atoms with Gasteiger partial charge in [0.2, 0.25) is 0 Å². The number of rotatable bonds is 12. The van der Waals surface area contributed by atoms with Gasteiger partial charge in [-0.1, -0.05) is 0 Å². The minimum Gasteiger partial charge on any atom is -0.377 e. The van der Waals surface area contributed by atoms with Gasteiger partial charge in [-0.05, 0) is 67.7 Å². The van der Waals surface area contributed by atoms with Crippen LogP contribution in [0.2, 0.25) is 0 Å². The molecule has 0 saturated carbocycles. The van der Waals surface area contributed by atoms with E-state index < -0.39 is 0 Å². The Balaban J connectivity index is 0.00000784. The second kappa shape index (κ2) is 16.6. The zero-order valence-corrected chi connectivity index (χ0v) is 22.4. The molecular weight excluding hydrogens is 477 g/mol. The minimum absolute atomic E-state index is 0. The Labute approximate surface area is 197 Å². The third-order valence-electron chi connectivity index (χ3n) is 5.30. The van der Waals surface area contributed by atoms with Crippen molar-refractivity contribution in [1.82, 2.24) is 20.4 Å². The van der Waals surface area contributed by atoms with Crippen LogP contribution in [0.25, 0.3) is 0 Å². The van der Waals surface area contributed by atoms with Gasteiger partial charge in [0.15, 0.2) is 5.96 Å². The summed E-state index contributed by atoms with van der Waals surface area (Å²) in [4.78, 5) is 9.87. The van der Waals surface area contributed by atoms with E-state index in [0.717, 1.165) is 58.3 Å². The molecule has 1 aliphatic heterocycles. The number of aliphatic imine (C=N–C) groups is 1. The second-order valence-electron chi connectivity index (χ2n) is 8.72. The van der Waals surface area contributed by atoms with Gasteiger partial charge in [-0.25, -0.2) is 0 Å². The first-order chi connectivity index (χ1) is 13.3. The van der Waals surface area contributed by atoms with E-state index in [1.165, 1.54) is 12.8 Å². The Bertz CT molecular complexity index is 415. The number of halogens is 1. The number of piperidine rings is 1. The summed E-state index contributed by atoms with van der Waals surface area (Å²) < 4.78 is 5.68. The Morgan fingerprint density at radius 1 is 1.10 bits per heavy atom. The largest absolute Gasteiger partial charge is 0.377 e. The Morgan fingerprint density at radius 2 is 1.72 bits per heavy atom. The molecule has 2 N–H and O–H groups in total. The fraction of sp³-hybridized carbons (Fsp3) is 0.955. The van der Waals surface area contributed by atoms with Gasteiger partial charge in [0, 0.05) is 57.4 Å². The van der Waals surface area contributed by atoms with Crippen LogP contribution in [0, 0.1) is 0 Å². The van der Waals surface area contributed by atoms with Crippen molar-refractivity contribution in [1.29, 1.82) is 0 Å². The molecule has 1 fully saturated rings. The molecule has 0 aromatic heterocycles. The summed E-state index contributed by atoms with van der Waals surface area (Å²) in [6.45, 7) is 22.5. The third-order valence-corrected chi connectivity index (χ3v) is 5.30. The van der Waals surface area contributed by atoms with Crippen LogP contribution in [0.1, 0.15) is 67.7 Å². The first kappa shape index (κ1) is 28.9. The molecule has 0 aromatic rings. The van der Waals surface area contributed by atoms with Gasteiger partial charge < -0.3 is 20.3 Å². The molecule has 0 radical (unpaired) electrons. The van der Waals surface area contributed by atoms with Crippen LogP contribution in [0.15, 0.2) is 4.99 Å². The number of ether oxygens (including phenoxy) is 1. The van der Waals surface area contributed by atoms with Crippen molar-refractivity contribution in [2.75, 3.05) is 45.9 Å². The Hall–Kier alpha value is -0.120. The third kappa shape index (κ3) is 13.0. The predicted octanol–water partition coefficient (Wildman–Crippen LogP) is 3.56. The monoisotopic (exact) mass is 525 g/mol. The lowest BCUT2D eigenvalue weighted by molar-refractivity contribution is 0.0532. The van der Waals surface area contributed by atoms with Crippen molar-refractivity contribution >= 4 is 29.9 Å². The van der Waals surface area contributed by atoms with Crippen LogP contribution < -0.4 is 10.6 Å². The quantitative estimate of drug-likeness (QED) is 0.177. The molecule has 7 heteroatoms. The van der Waals surface area contributed by atoms with Crippen molar-refractivity contribution in [2.45, 2.75) is 92.0 Å². The molecule has 1 aliphatic rings. The van der Waals surface area contributed by atoms with Crippen molar-refractivity contribution in [3.8, 4) is 0 Å². The highest BCUT2D eigenvalue weighted by Crippen LogP contribution is 2.10. The van der Waals surface area contributed by atoms with Gasteiger partial charge in [0.1, 0.15) is 0 Å². The standard InChI is InChI=1S/C22H47N5O.HI/c1-8-23-22(24-12-9-13-27(18(2)3)19(4)5)25-21-10-14-26(15-11-21)16-17-28-20(6)7;/h18-21H,8-17H2,1-7H3,(H2,23,24,25);1H. The maximum absolute atomic E-state index is 5.68. The lowest BCUT2D eigenvalue weighted by Gasteiger charge is -2.33. The summed E-state index contributed by atoms with van der Waals surface area (Å²) in [5.41, 5.74) is 0. The number of hydrogen-bond acceptors (Lipinski definition) is 4. The van der Waals surface area contributed by atoms with Crippen LogP contribution in [0.4, 0.5) is 0 Å². The molecule has 1 rings (SSSR count). The van der Waals surface area contributed by atoms with Crippen molar-refractivity contribution < 1.29 is 4.74 Å². The zero-order valence-electron chi connectivity index (χ0n) is 20.0. The van der Waals surface area contributed by atoms with E-state index in [1.54, 1.807) is 0 Å². The molecule has 1 saturated heterocycles. The summed E-state index contributed by atoms with van der Waals surface area (Å²) in [5, 5.41) is 7.07. The minimum atomic E-state index is 0. The molecule has 0 bridgehead atoms. The van der Waals surface area contributed by atoms with E-state index in [2.05, 4.69) is 68.9 Å². The molecule has 1 heterocycles. The highest BCUT2D eigenvalue weighted by atomic mass is 127. The summed E-state index contributed by atoms with van der Waals surface area (Å²) in [5.74, 6) is 0.977. The van der Waals surface area contributed by atoms with E-state index in [0.29, 0.717) is 24.2 Å². The number of guanidine groups is 1.